The standard InChI is InChI=1S/C12H14N4O3/c1-18-9-4-3-8(5-10(9)19-2)6-13-11-7-14-16-12(17)15-11/h3-5,7H,6H2,1-2H3,(H2,13,15,16,17). The summed E-state index contributed by atoms with van der Waals surface area (Å²) in [4.78, 5) is 14.7. The Morgan fingerprint density at radius 3 is 2.74 bits per heavy atom. The van der Waals surface area contributed by atoms with Gasteiger partial charge < -0.3 is 14.8 Å². The fourth-order valence-corrected chi connectivity index (χ4v) is 1.58. The van der Waals surface area contributed by atoms with Crippen molar-refractivity contribution in [2.75, 3.05) is 19.5 Å². The smallest absolute Gasteiger partial charge is 0.363 e. The minimum atomic E-state index is -0.489. The minimum absolute atomic E-state index is 0.415. The molecule has 0 bridgehead atoms. The molecule has 100 valence electrons. The van der Waals surface area contributed by atoms with E-state index in [2.05, 4.69) is 20.5 Å². The fraction of sp³-hybridized carbons (Fsp3) is 0.250. The zero-order valence-electron chi connectivity index (χ0n) is 10.6. The van der Waals surface area contributed by atoms with Crippen LogP contribution >= 0.6 is 0 Å². The van der Waals surface area contributed by atoms with E-state index in [-0.39, 0.29) is 0 Å². The normalized spacial score (nSPS) is 10.0. The van der Waals surface area contributed by atoms with E-state index in [0.717, 1.165) is 5.56 Å². The van der Waals surface area contributed by atoms with Gasteiger partial charge in [0.05, 0.1) is 20.4 Å². The van der Waals surface area contributed by atoms with Crippen LogP contribution in [-0.4, -0.2) is 29.4 Å². The quantitative estimate of drug-likeness (QED) is 0.828. The molecule has 0 aliphatic carbocycles. The van der Waals surface area contributed by atoms with Gasteiger partial charge in [-0.15, -0.1) is 0 Å². The largest absolute Gasteiger partial charge is 0.493 e. The summed E-state index contributed by atoms with van der Waals surface area (Å²) in [6.07, 6.45) is 1.45. The minimum Gasteiger partial charge on any atom is -0.493 e. The molecular formula is C12H14N4O3. The molecule has 2 aromatic rings. The molecule has 1 aromatic heterocycles. The molecule has 0 spiro atoms. The van der Waals surface area contributed by atoms with Gasteiger partial charge in [0.15, 0.2) is 17.3 Å². The summed E-state index contributed by atoms with van der Waals surface area (Å²) in [5.41, 5.74) is 0.483. The monoisotopic (exact) mass is 262 g/mol. The number of benzene rings is 1. The second kappa shape index (κ2) is 5.85. The van der Waals surface area contributed by atoms with Crippen LogP contribution < -0.4 is 20.5 Å². The number of H-pyrrole nitrogens is 1. The first-order valence-corrected chi connectivity index (χ1v) is 5.59. The predicted molar refractivity (Wildman–Crippen MR) is 69.5 cm³/mol. The molecule has 0 amide bonds. The molecule has 19 heavy (non-hydrogen) atoms. The number of anilines is 1. The van der Waals surface area contributed by atoms with Crippen molar-refractivity contribution in [2.45, 2.75) is 6.54 Å². The van der Waals surface area contributed by atoms with Gasteiger partial charge in [-0.25, -0.2) is 9.89 Å². The van der Waals surface area contributed by atoms with E-state index in [1.54, 1.807) is 14.2 Å². The van der Waals surface area contributed by atoms with Crippen molar-refractivity contribution in [1.82, 2.24) is 15.2 Å². The lowest BCUT2D eigenvalue weighted by Gasteiger charge is -2.10. The van der Waals surface area contributed by atoms with Gasteiger partial charge in [0.1, 0.15) is 0 Å². The van der Waals surface area contributed by atoms with Crippen molar-refractivity contribution < 1.29 is 9.47 Å². The number of hydrogen-bond acceptors (Lipinski definition) is 6. The Kier molecular flexibility index (Phi) is 3.97. The van der Waals surface area contributed by atoms with Gasteiger partial charge in [0, 0.05) is 6.54 Å². The van der Waals surface area contributed by atoms with Crippen LogP contribution in [0.25, 0.3) is 0 Å². The first-order chi connectivity index (χ1) is 9.22. The van der Waals surface area contributed by atoms with E-state index in [9.17, 15) is 4.79 Å². The molecule has 0 unspecified atom stereocenters. The number of aromatic amines is 1. The zero-order valence-corrected chi connectivity index (χ0v) is 10.6. The van der Waals surface area contributed by atoms with E-state index >= 15 is 0 Å². The highest BCUT2D eigenvalue weighted by atomic mass is 16.5. The van der Waals surface area contributed by atoms with Crippen molar-refractivity contribution >= 4 is 5.82 Å². The van der Waals surface area contributed by atoms with Gasteiger partial charge in [0.25, 0.3) is 0 Å². The summed E-state index contributed by atoms with van der Waals surface area (Å²) in [5, 5.41) is 8.86. The van der Waals surface area contributed by atoms with Gasteiger partial charge in [0.2, 0.25) is 0 Å². The number of ether oxygens (including phenoxy) is 2. The van der Waals surface area contributed by atoms with Crippen LogP contribution in [0, 0.1) is 0 Å². The second-order valence-corrected chi connectivity index (χ2v) is 3.72. The molecule has 0 aliphatic heterocycles. The number of nitrogens with one attached hydrogen (secondary N) is 2. The number of methoxy groups -OCH3 is 2. The number of nitrogens with zero attached hydrogens (tertiary/aromatic N) is 2. The molecule has 1 aromatic carbocycles. The highest BCUT2D eigenvalue weighted by Gasteiger charge is 2.04. The Morgan fingerprint density at radius 2 is 2.05 bits per heavy atom. The maximum absolute atomic E-state index is 11.0. The second-order valence-electron chi connectivity index (χ2n) is 3.72. The van der Waals surface area contributed by atoms with Crippen molar-refractivity contribution in [3.8, 4) is 11.5 Å². The zero-order chi connectivity index (χ0) is 13.7. The van der Waals surface area contributed by atoms with Gasteiger partial charge in [-0.2, -0.15) is 10.1 Å². The van der Waals surface area contributed by atoms with Crippen LogP contribution in [0.4, 0.5) is 5.82 Å². The van der Waals surface area contributed by atoms with Gasteiger partial charge in [-0.1, -0.05) is 6.07 Å². The molecule has 0 fully saturated rings. The molecule has 1 heterocycles. The van der Waals surface area contributed by atoms with Crippen LogP contribution in [0.5, 0.6) is 11.5 Å². The maximum atomic E-state index is 11.0. The fourth-order valence-electron chi connectivity index (χ4n) is 1.58. The molecule has 0 atom stereocenters. The van der Waals surface area contributed by atoms with Crippen molar-refractivity contribution in [3.63, 3.8) is 0 Å². The molecule has 2 N–H and O–H groups in total. The Bertz CT molecular complexity index is 612. The molecule has 0 radical (unpaired) electrons. The summed E-state index contributed by atoms with van der Waals surface area (Å²) < 4.78 is 10.4. The Hall–Kier alpha value is -2.57. The first kappa shape index (κ1) is 12.9. The third-order valence-electron chi connectivity index (χ3n) is 2.49. The van der Waals surface area contributed by atoms with Crippen LogP contribution in [0.3, 0.4) is 0 Å². The van der Waals surface area contributed by atoms with Crippen LogP contribution in [0.15, 0.2) is 29.2 Å². The average molecular weight is 262 g/mol. The van der Waals surface area contributed by atoms with Gasteiger partial charge in [-0.05, 0) is 17.7 Å². The summed E-state index contributed by atoms with van der Waals surface area (Å²) in [5.74, 6) is 1.74. The number of aromatic nitrogens is 3. The van der Waals surface area contributed by atoms with Crippen LogP contribution in [0.2, 0.25) is 0 Å². The molecule has 0 saturated heterocycles. The lowest BCUT2D eigenvalue weighted by atomic mass is 10.2. The molecule has 0 aliphatic rings. The average Bonchev–Trinajstić information content (AvgIpc) is 2.45. The van der Waals surface area contributed by atoms with Crippen molar-refractivity contribution in [1.29, 1.82) is 0 Å². The summed E-state index contributed by atoms with van der Waals surface area (Å²) in [7, 11) is 3.17. The van der Waals surface area contributed by atoms with E-state index in [1.165, 1.54) is 6.20 Å². The Labute approximate surface area is 109 Å². The Morgan fingerprint density at radius 1 is 1.26 bits per heavy atom. The Balaban J connectivity index is 2.09. The molecular weight excluding hydrogens is 248 g/mol. The predicted octanol–water partition coefficient (Wildman–Crippen LogP) is 0.794. The lowest BCUT2D eigenvalue weighted by Crippen LogP contribution is -2.14. The van der Waals surface area contributed by atoms with Crippen LogP contribution in [0.1, 0.15) is 5.56 Å². The molecule has 2 rings (SSSR count). The van der Waals surface area contributed by atoms with E-state index in [4.69, 9.17) is 9.47 Å². The number of rotatable bonds is 5. The summed E-state index contributed by atoms with van der Waals surface area (Å²) >= 11 is 0. The topological polar surface area (TPSA) is 89.1 Å². The summed E-state index contributed by atoms with van der Waals surface area (Å²) in [6, 6.07) is 5.57. The third kappa shape index (κ3) is 3.21. The van der Waals surface area contributed by atoms with E-state index in [0.29, 0.717) is 23.9 Å². The highest BCUT2D eigenvalue weighted by molar-refractivity contribution is 5.44. The van der Waals surface area contributed by atoms with Gasteiger partial charge >= 0.3 is 5.69 Å². The van der Waals surface area contributed by atoms with Crippen molar-refractivity contribution in [2.24, 2.45) is 0 Å². The maximum Gasteiger partial charge on any atom is 0.363 e. The van der Waals surface area contributed by atoms with E-state index in [1.807, 2.05) is 18.2 Å². The van der Waals surface area contributed by atoms with Gasteiger partial charge in [-0.3, -0.25) is 0 Å². The molecule has 7 nitrogen and oxygen atoms in total. The molecule has 0 saturated carbocycles. The molecule has 7 heteroatoms. The SMILES string of the molecule is COc1ccc(CNc2cn[nH]c(=O)n2)cc1OC. The van der Waals surface area contributed by atoms with Crippen molar-refractivity contribution in [3.05, 3.63) is 40.4 Å². The van der Waals surface area contributed by atoms with E-state index < -0.39 is 5.69 Å². The summed E-state index contributed by atoms with van der Waals surface area (Å²) in [6.45, 7) is 0.498. The number of hydrogen-bond donors (Lipinski definition) is 2. The van der Waals surface area contributed by atoms with Crippen LogP contribution in [-0.2, 0) is 6.54 Å². The highest BCUT2D eigenvalue weighted by Crippen LogP contribution is 2.27. The lowest BCUT2D eigenvalue weighted by molar-refractivity contribution is 0.354. The first-order valence-electron chi connectivity index (χ1n) is 5.59. The third-order valence-corrected chi connectivity index (χ3v) is 2.49.